The molecule has 4 aromatic rings. The van der Waals surface area contributed by atoms with E-state index in [2.05, 4.69) is 15.3 Å². The second-order valence-corrected chi connectivity index (χ2v) is 10.7. The van der Waals surface area contributed by atoms with Crippen LogP contribution in [-0.2, 0) is 27.4 Å². The first-order valence-corrected chi connectivity index (χ1v) is 13.5. The molecular formula is C28H26F3N3O4S. The Balaban J connectivity index is 1.49. The number of alkyl halides is 3. The van der Waals surface area contributed by atoms with Crippen molar-refractivity contribution in [2.45, 2.75) is 48.6 Å². The van der Waals surface area contributed by atoms with Crippen LogP contribution < -0.4 is 10.1 Å². The van der Waals surface area contributed by atoms with Gasteiger partial charge in [0.25, 0.3) is 0 Å². The molecule has 0 amide bonds. The molecule has 2 unspecified atom stereocenters. The quantitative estimate of drug-likeness (QED) is 0.240. The van der Waals surface area contributed by atoms with Gasteiger partial charge in [0.2, 0.25) is 21.7 Å². The Morgan fingerprint density at radius 1 is 0.846 bits per heavy atom. The van der Waals surface area contributed by atoms with E-state index < -0.39 is 39.7 Å². The molecule has 11 heteroatoms. The van der Waals surface area contributed by atoms with Crippen molar-refractivity contribution in [3.63, 3.8) is 0 Å². The van der Waals surface area contributed by atoms with Crippen molar-refractivity contribution >= 4 is 21.5 Å². The van der Waals surface area contributed by atoms with Crippen molar-refractivity contribution in [1.82, 2.24) is 9.97 Å². The van der Waals surface area contributed by atoms with Gasteiger partial charge in [-0.2, -0.15) is 18.2 Å². The molecule has 0 aliphatic carbocycles. The molecule has 1 aromatic heterocycles. The maximum atomic E-state index is 13.7. The van der Waals surface area contributed by atoms with Crippen LogP contribution >= 0.6 is 0 Å². The van der Waals surface area contributed by atoms with Crippen molar-refractivity contribution in [2.24, 2.45) is 0 Å². The number of sulfone groups is 1. The highest BCUT2D eigenvalue weighted by molar-refractivity contribution is 7.91. The van der Waals surface area contributed by atoms with E-state index in [4.69, 9.17) is 9.47 Å². The fraction of sp³-hybridized carbons (Fsp3) is 0.214. The topological polar surface area (TPSA) is 90.4 Å². The molecule has 4 rings (SSSR count). The van der Waals surface area contributed by atoms with Crippen LogP contribution in [0.3, 0.4) is 0 Å². The third-order valence-corrected chi connectivity index (χ3v) is 7.63. The highest BCUT2D eigenvalue weighted by Gasteiger charge is 2.37. The highest BCUT2D eigenvalue weighted by atomic mass is 32.2. The van der Waals surface area contributed by atoms with Gasteiger partial charge in [-0.15, -0.1) is 0 Å². The summed E-state index contributed by atoms with van der Waals surface area (Å²) in [4.78, 5) is 7.94. The first-order chi connectivity index (χ1) is 18.5. The van der Waals surface area contributed by atoms with Gasteiger partial charge in [0.05, 0.1) is 22.5 Å². The van der Waals surface area contributed by atoms with E-state index in [0.717, 1.165) is 5.56 Å². The molecule has 39 heavy (non-hydrogen) atoms. The summed E-state index contributed by atoms with van der Waals surface area (Å²) in [7, 11) is -3.72. The third kappa shape index (κ3) is 7.12. The summed E-state index contributed by atoms with van der Waals surface area (Å²) < 4.78 is 77.9. The van der Waals surface area contributed by atoms with Gasteiger partial charge in [0.15, 0.2) is 0 Å². The number of aromatic nitrogens is 2. The van der Waals surface area contributed by atoms with Gasteiger partial charge in [-0.1, -0.05) is 48.5 Å². The van der Waals surface area contributed by atoms with Crippen molar-refractivity contribution in [1.29, 1.82) is 0 Å². The number of nitrogens with one attached hydrogen (secondary N) is 1. The molecule has 0 aliphatic rings. The highest BCUT2D eigenvalue weighted by Crippen LogP contribution is 2.36. The number of rotatable bonds is 10. The largest absolute Gasteiger partial charge is 0.471 e. The van der Waals surface area contributed by atoms with Crippen molar-refractivity contribution in [3.05, 3.63) is 102 Å². The lowest BCUT2D eigenvalue weighted by Crippen LogP contribution is -2.30. The molecule has 2 atom stereocenters. The molecular weight excluding hydrogens is 531 g/mol. The Morgan fingerprint density at radius 3 is 2.05 bits per heavy atom. The molecule has 0 saturated heterocycles. The van der Waals surface area contributed by atoms with Crippen molar-refractivity contribution in [2.75, 3.05) is 5.32 Å². The molecule has 0 saturated carbocycles. The summed E-state index contributed by atoms with van der Waals surface area (Å²) in [5.74, 6) is -0.798. The first-order valence-electron chi connectivity index (χ1n) is 12.0. The normalized spacial score (nSPS) is 13.5. The van der Waals surface area contributed by atoms with Crippen molar-refractivity contribution in [3.8, 4) is 5.88 Å². The van der Waals surface area contributed by atoms with E-state index in [1.807, 2.05) is 30.3 Å². The maximum Gasteiger partial charge on any atom is 0.423 e. The molecule has 1 heterocycles. The van der Waals surface area contributed by atoms with E-state index in [9.17, 15) is 21.6 Å². The summed E-state index contributed by atoms with van der Waals surface area (Å²) in [6.07, 6.45) is -5.41. The van der Waals surface area contributed by atoms with Gasteiger partial charge in [-0.05, 0) is 55.8 Å². The zero-order chi connectivity index (χ0) is 28.0. The van der Waals surface area contributed by atoms with Gasteiger partial charge in [-0.3, -0.25) is 0 Å². The SMILES string of the molecule is CC(OCc1ccccc1)C(C)Oc1nc(Nc2ccc(S(=O)(=O)c3ccccc3)cc2)ncc1C(F)(F)F. The standard InChI is InChI=1S/C28H26F3N3O4S/c1-19(37-18-21-9-5-3-6-10-21)20(2)38-26-25(28(29,30)31)17-32-27(34-26)33-22-13-15-24(16-14-22)39(35,36)23-11-7-4-8-12-23/h3-17,19-20H,18H2,1-2H3,(H,32,33,34). The summed E-state index contributed by atoms with van der Waals surface area (Å²) in [6, 6.07) is 23.0. The van der Waals surface area contributed by atoms with Crippen LogP contribution in [-0.4, -0.2) is 30.6 Å². The van der Waals surface area contributed by atoms with Gasteiger partial charge in [0, 0.05) is 11.9 Å². The molecule has 3 aromatic carbocycles. The van der Waals surface area contributed by atoms with Crippen LogP contribution in [0.1, 0.15) is 25.0 Å². The fourth-order valence-electron chi connectivity index (χ4n) is 3.50. The molecule has 0 fully saturated rings. The van der Waals surface area contributed by atoms with Gasteiger partial charge in [-0.25, -0.2) is 13.4 Å². The Labute approximate surface area is 224 Å². The lowest BCUT2D eigenvalue weighted by molar-refractivity contribution is -0.140. The van der Waals surface area contributed by atoms with E-state index in [1.54, 1.807) is 32.0 Å². The minimum absolute atomic E-state index is 0.0647. The van der Waals surface area contributed by atoms with E-state index >= 15 is 0 Å². The smallest absolute Gasteiger partial charge is 0.423 e. The van der Waals surface area contributed by atoms with E-state index in [1.165, 1.54) is 36.4 Å². The number of anilines is 2. The summed E-state index contributed by atoms with van der Waals surface area (Å²) in [6.45, 7) is 3.57. The molecule has 0 bridgehead atoms. The zero-order valence-electron chi connectivity index (χ0n) is 21.1. The second kappa shape index (κ2) is 11.8. The maximum absolute atomic E-state index is 13.7. The Bertz CT molecular complexity index is 1480. The number of hydrogen-bond acceptors (Lipinski definition) is 7. The summed E-state index contributed by atoms with van der Waals surface area (Å²) >= 11 is 0. The van der Waals surface area contributed by atoms with Crippen LogP contribution in [0.4, 0.5) is 24.8 Å². The average Bonchev–Trinajstić information content (AvgIpc) is 2.92. The second-order valence-electron chi connectivity index (χ2n) is 8.70. The van der Waals surface area contributed by atoms with Crippen LogP contribution in [0.15, 0.2) is 101 Å². The fourth-order valence-corrected chi connectivity index (χ4v) is 4.78. The van der Waals surface area contributed by atoms with Crippen molar-refractivity contribution < 1.29 is 31.1 Å². The van der Waals surface area contributed by atoms with E-state index in [-0.39, 0.29) is 22.3 Å². The number of halogens is 3. The molecule has 204 valence electrons. The van der Waals surface area contributed by atoms with Crippen LogP contribution in [0.5, 0.6) is 5.88 Å². The minimum atomic E-state index is -4.74. The summed E-state index contributed by atoms with van der Waals surface area (Å²) in [5.41, 5.74) is 0.170. The van der Waals surface area contributed by atoms with Crippen LogP contribution in [0, 0.1) is 0 Å². The predicted molar refractivity (Wildman–Crippen MR) is 139 cm³/mol. The zero-order valence-corrected chi connectivity index (χ0v) is 21.9. The number of nitrogens with zero attached hydrogens (tertiary/aromatic N) is 2. The third-order valence-electron chi connectivity index (χ3n) is 5.85. The van der Waals surface area contributed by atoms with E-state index in [0.29, 0.717) is 11.9 Å². The van der Waals surface area contributed by atoms with Crippen LogP contribution in [0.25, 0.3) is 0 Å². The Kier molecular flexibility index (Phi) is 8.51. The predicted octanol–water partition coefficient (Wildman–Crippen LogP) is 6.44. The summed E-state index contributed by atoms with van der Waals surface area (Å²) in [5, 5.41) is 2.79. The molecule has 0 aliphatic heterocycles. The number of hydrogen-bond donors (Lipinski definition) is 1. The van der Waals surface area contributed by atoms with Gasteiger partial charge < -0.3 is 14.8 Å². The van der Waals surface area contributed by atoms with Gasteiger partial charge >= 0.3 is 6.18 Å². The van der Waals surface area contributed by atoms with Gasteiger partial charge in [0.1, 0.15) is 11.7 Å². The number of ether oxygens (including phenoxy) is 2. The molecule has 0 spiro atoms. The molecule has 0 radical (unpaired) electrons. The minimum Gasteiger partial charge on any atom is -0.471 e. The lowest BCUT2D eigenvalue weighted by Gasteiger charge is -2.23. The molecule has 1 N–H and O–H groups in total. The Morgan fingerprint density at radius 2 is 1.44 bits per heavy atom. The lowest BCUT2D eigenvalue weighted by atomic mass is 10.2. The number of benzene rings is 3. The first kappa shape index (κ1) is 28.1. The average molecular weight is 558 g/mol. The Hall–Kier alpha value is -3.96. The molecule has 7 nitrogen and oxygen atoms in total. The van der Waals surface area contributed by atoms with Crippen LogP contribution in [0.2, 0.25) is 0 Å². The monoisotopic (exact) mass is 557 g/mol.